The standard InChI is InChI=1S/C15H17N3O/c1-18(10-9-12-5-3-2-4-6-12)15(19)14-8-7-13(16)11-17-14/h2-8,11H,9-10,16H2,1H3. The van der Waals surface area contributed by atoms with Crippen LogP contribution in [0.3, 0.4) is 0 Å². The van der Waals surface area contributed by atoms with Gasteiger partial charge in [0, 0.05) is 13.6 Å². The van der Waals surface area contributed by atoms with Gasteiger partial charge in [-0.1, -0.05) is 30.3 Å². The van der Waals surface area contributed by atoms with E-state index in [0.717, 1.165) is 6.42 Å². The molecule has 1 amide bonds. The number of hydrogen-bond donors (Lipinski definition) is 1. The van der Waals surface area contributed by atoms with Crippen LogP contribution in [0.15, 0.2) is 48.7 Å². The van der Waals surface area contributed by atoms with Gasteiger partial charge in [0.1, 0.15) is 5.69 Å². The Morgan fingerprint density at radius 2 is 1.95 bits per heavy atom. The maximum Gasteiger partial charge on any atom is 0.272 e. The van der Waals surface area contributed by atoms with Gasteiger partial charge in [-0.05, 0) is 24.1 Å². The quantitative estimate of drug-likeness (QED) is 0.908. The summed E-state index contributed by atoms with van der Waals surface area (Å²) in [5, 5.41) is 0. The lowest BCUT2D eigenvalue weighted by Gasteiger charge is -2.16. The summed E-state index contributed by atoms with van der Waals surface area (Å²) in [6, 6.07) is 13.4. The number of likely N-dealkylation sites (N-methyl/N-ethyl adjacent to an activating group) is 1. The number of rotatable bonds is 4. The maximum absolute atomic E-state index is 12.1. The fourth-order valence-electron chi connectivity index (χ4n) is 1.77. The second kappa shape index (κ2) is 6.00. The maximum atomic E-state index is 12.1. The molecule has 0 aliphatic rings. The summed E-state index contributed by atoms with van der Waals surface area (Å²) in [6.07, 6.45) is 2.33. The van der Waals surface area contributed by atoms with E-state index in [9.17, 15) is 4.79 Å². The highest BCUT2D eigenvalue weighted by molar-refractivity contribution is 5.92. The van der Waals surface area contributed by atoms with Crippen LogP contribution in [0.25, 0.3) is 0 Å². The summed E-state index contributed by atoms with van der Waals surface area (Å²) in [5.74, 6) is -0.0871. The molecule has 4 nitrogen and oxygen atoms in total. The molecule has 0 aliphatic heterocycles. The van der Waals surface area contributed by atoms with Crippen molar-refractivity contribution in [1.82, 2.24) is 9.88 Å². The van der Waals surface area contributed by atoms with Gasteiger partial charge in [0.2, 0.25) is 0 Å². The van der Waals surface area contributed by atoms with E-state index in [0.29, 0.717) is 17.9 Å². The van der Waals surface area contributed by atoms with Crippen molar-refractivity contribution in [3.63, 3.8) is 0 Å². The van der Waals surface area contributed by atoms with Crippen molar-refractivity contribution in [2.75, 3.05) is 19.3 Å². The van der Waals surface area contributed by atoms with Crippen molar-refractivity contribution in [3.05, 3.63) is 59.9 Å². The number of amides is 1. The van der Waals surface area contributed by atoms with Gasteiger partial charge in [-0.25, -0.2) is 4.98 Å². The molecule has 0 unspecified atom stereocenters. The fourth-order valence-corrected chi connectivity index (χ4v) is 1.77. The average molecular weight is 255 g/mol. The molecule has 0 bridgehead atoms. The van der Waals surface area contributed by atoms with Crippen LogP contribution in [0.5, 0.6) is 0 Å². The average Bonchev–Trinajstić information content (AvgIpc) is 2.46. The van der Waals surface area contributed by atoms with Gasteiger partial charge in [-0.15, -0.1) is 0 Å². The molecule has 4 heteroatoms. The molecule has 0 fully saturated rings. The number of benzene rings is 1. The summed E-state index contributed by atoms with van der Waals surface area (Å²) in [4.78, 5) is 17.8. The first-order valence-electron chi connectivity index (χ1n) is 6.18. The van der Waals surface area contributed by atoms with E-state index < -0.39 is 0 Å². The van der Waals surface area contributed by atoms with Gasteiger partial charge < -0.3 is 10.6 Å². The van der Waals surface area contributed by atoms with Crippen LogP contribution < -0.4 is 5.73 Å². The Balaban J connectivity index is 1.94. The first-order valence-corrected chi connectivity index (χ1v) is 6.18. The first kappa shape index (κ1) is 13.1. The van der Waals surface area contributed by atoms with Crippen molar-refractivity contribution in [3.8, 4) is 0 Å². The molecule has 0 aliphatic carbocycles. The van der Waals surface area contributed by atoms with Gasteiger partial charge >= 0.3 is 0 Å². The predicted molar refractivity (Wildman–Crippen MR) is 75.8 cm³/mol. The molecule has 19 heavy (non-hydrogen) atoms. The zero-order chi connectivity index (χ0) is 13.7. The molecule has 0 saturated heterocycles. The van der Waals surface area contributed by atoms with Crippen LogP contribution in [0.4, 0.5) is 5.69 Å². The number of nitrogen functional groups attached to an aromatic ring is 1. The molecule has 0 spiro atoms. The molecule has 0 saturated carbocycles. The third-order valence-electron chi connectivity index (χ3n) is 2.93. The lowest BCUT2D eigenvalue weighted by molar-refractivity contribution is 0.0791. The van der Waals surface area contributed by atoms with Crippen LogP contribution in [0.2, 0.25) is 0 Å². The monoisotopic (exact) mass is 255 g/mol. The fraction of sp³-hybridized carbons (Fsp3) is 0.200. The highest BCUT2D eigenvalue weighted by atomic mass is 16.2. The lowest BCUT2D eigenvalue weighted by atomic mass is 10.1. The summed E-state index contributed by atoms with van der Waals surface area (Å²) < 4.78 is 0. The van der Waals surface area contributed by atoms with Crippen molar-refractivity contribution in [2.45, 2.75) is 6.42 Å². The first-order chi connectivity index (χ1) is 9.16. The summed E-state index contributed by atoms with van der Waals surface area (Å²) >= 11 is 0. The second-order valence-corrected chi connectivity index (χ2v) is 4.44. The Kier molecular flexibility index (Phi) is 4.13. The number of nitrogens with two attached hydrogens (primary N) is 1. The number of anilines is 1. The molecular weight excluding hydrogens is 238 g/mol. The Hall–Kier alpha value is -2.36. The molecule has 1 aromatic heterocycles. The molecule has 2 rings (SSSR count). The summed E-state index contributed by atoms with van der Waals surface area (Å²) in [6.45, 7) is 0.662. The largest absolute Gasteiger partial charge is 0.397 e. The van der Waals surface area contributed by atoms with Crippen LogP contribution in [0.1, 0.15) is 16.1 Å². The molecule has 2 N–H and O–H groups in total. The van der Waals surface area contributed by atoms with E-state index in [1.165, 1.54) is 11.8 Å². The molecule has 1 heterocycles. The third kappa shape index (κ3) is 3.55. The number of carbonyl (C=O) groups is 1. The second-order valence-electron chi connectivity index (χ2n) is 4.44. The molecule has 2 aromatic rings. The van der Waals surface area contributed by atoms with Gasteiger partial charge in [-0.3, -0.25) is 4.79 Å². The van der Waals surface area contributed by atoms with E-state index in [-0.39, 0.29) is 5.91 Å². The van der Waals surface area contributed by atoms with Crippen LogP contribution >= 0.6 is 0 Å². The highest BCUT2D eigenvalue weighted by Crippen LogP contribution is 2.06. The molecule has 98 valence electrons. The minimum Gasteiger partial charge on any atom is -0.397 e. The summed E-state index contributed by atoms with van der Waals surface area (Å²) in [5.41, 5.74) is 7.75. The highest BCUT2D eigenvalue weighted by Gasteiger charge is 2.12. The zero-order valence-electron chi connectivity index (χ0n) is 10.9. The topological polar surface area (TPSA) is 59.2 Å². The summed E-state index contributed by atoms with van der Waals surface area (Å²) in [7, 11) is 1.78. The molecule has 1 aromatic carbocycles. The molecule has 0 atom stereocenters. The normalized spacial score (nSPS) is 10.2. The number of aromatic nitrogens is 1. The van der Waals surface area contributed by atoms with Crippen molar-refractivity contribution in [2.24, 2.45) is 0 Å². The van der Waals surface area contributed by atoms with Crippen LogP contribution in [-0.2, 0) is 6.42 Å². The van der Waals surface area contributed by atoms with E-state index in [1.807, 2.05) is 18.2 Å². The number of pyridine rings is 1. The SMILES string of the molecule is CN(CCc1ccccc1)C(=O)c1ccc(N)cn1. The molecular formula is C15H17N3O. The minimum atomic E-state index is -0.0871. The smallest absolute Gasteiger partial charge is 0.272 e. The van der Waals surface area contributed by atoms with Crippen molar-refractivity contribution >= 4 is 11.6 Å². The lowest BCUT2D eigenvalue weighted by Crippen LogP contribution is -2.29. The van der Waals surface area contributed by atoms with Crippen LogP contribution in [-0.4, -0.2) is 29.4 Å². The number of hydrogen-bond acceptors (Lipinski definition) is 3. The van der Waals surface area contributed by atoms with Crippen LogP contribution in [0, 0.1) is 0 Å². The van der Waals surface area contributed by atoms with Gasteiger partial charge in [0.05, 0.1) is 11.9 Å². The van der Waals surface area contributed by atoms with Gasteiger partial charge in [-0.2, -0.15) is 0 Å². The Morgan fingerprint density at radius 3 is 2.58 bits per heavy atom. The van der Waals surface area contributed by atoms with E-state index in [1.54, 1.807) is 24.1 Å². The Morgan fingerprint density at radius 1 is 1.21 bits per heavy atom. The van der Waals surface area contributed by atoms with E-state index in [2.05, 4.69) is 17.1 Å². The van der Waals surface area contributed by atoms with Gasteiger partial charge in [0.25, 0.3) is 5.91 Å². The molecule has 0 radical (unpaired) electrons. The number of carbonyl (C=O) groups excluding carboxylic acids is 1. The zero-order valence-corrected chi connectivity index (χ0v) is 10.9. The third-order valence-corrected chi connectivity index (χ3v) is 2.93. The van der Waals surface area contributed by atoms with E-state index >= 15 is 0 Å². The van der Waals surface area contributed by atoms with E-state index in [4.69, 9.17) is 5.73 Å². The number of nitrogens with zero attached hydrogens (tertiary/aromatic N) is 2. The van der Waals surface area contributed by atoms with Crippen molar-refractivity contribution < 1.29 is 4.79 Å². The predicted octanol–water partition coefficient (Wildman–Crippen LogP) is 1.98. The van der Waals surface area contributed by atoms with Crippen molar-refractivity contribution in [1.29, 1.82) is 0 Å². The Bertz CT molecular complexity index is 537. The van der Waals surface area contributed by atoms with Gasteiger partial charge in [0.15, 0.2) is 0 Å². The minimum absolute atomic E-state index is 0.0871. The Labute approximate surface area is 112 Å².